The third kappa shape index (κ3) is 7.30. The summed E-state index contributed by atoms with van der Waals surface area (Å²) >= 11 is 0. The van der Waals surface area contributed by atoms with E-state index in [1.165, 1.54) is 26.3 Å². The zero-order valence-electron chi connectivity index (χ0n) is 13.2. The van der Waals surface area contributed by atoms with Gasteiger partial charge < -0.3 is 4.74 Å². The fourth-order valence-corrected chi connectivity index (χ4v) is 3.46. The van der Waals surface area contributed by atoms with Gasteiger partial charge in [0.05, 0.1) is 6.61 Å². The Morgan fingerprint density at radius 1 is 1.05 bits per heavy atom. The number of ether oxygens (including phenoxy) is 1. The molecule has 10 radical (unpaired) electrons. The van der Waals surface area contributed by atoms with Gasteiger partial charge in [0.15, 0.2) is 0 Å². The van der Waals surface area contributed by atoms with Crippen molar-refractivity contribution in [2.24, 2.45) is 0 Å². The molecule has 0 atom stereocenters. The monoisotopic (exact) mass is 364 g/mol. The predicted octanol–water partition coefficient (Wildman–Crippen LogP) is 5.24. The number of carbonyl (C=O) groups excluding carboxylic acids is 1. The van der Waals surface area contributed by atoms with E-state index < -0.39 is 0 Å². The maximum atomic E-state index is 11.4. The molecule has 2 saturated heterocycles. The summed E-state index contributed by atoms with van der Waals surface area (Å²) in [6.07, 6.45) is 7.35. The Morgan fingerprint density at radius 2 is 1.62 bits per heavy atom. The Hall–Kier alpha value is 0.849. The van der Waals surface area contributed by atoms with Crippen molar-refractivity contribution >= 4 is 23.1 Å². The molecule has 0 aromatic rings. The Bertz CT molecular complexity index is 294. The fourth-order valence-electron chi connectivity index (χ4n) is 1.48. The molecule has 21 heavy (non-hydrogen) atoms. The molecule has 0 saturated carbocycles. The van der Waals surface area contributed by atoms with Crippen LogP contribution in [0.4, 0.5) is 0 Å². The van der Waals surface area contributed by atoms with Crippen molar-refractivity contribution in [1.29, 1.82) is 0 Å². The molecule has 2 heterocycles. The van der Waals surface area contributed by atoms with E-state index in [-0.39, 0.29) is 23.0 Å². The Morgan fingerprint density at radius 3 is 1.95 bits per heavy atom. The Labute approximate surface area is 145 Å². The molecule has 0 aliphatic carbocycles. The molecule has 2 rings (SSSR count). The average Bonchev–Trinajstić information content (AvgIpc) is 2.95. The van der Waals surface area contributed by atoms with Crippen LogP contribution >= 0.6 is 17.2 Å². The largest absolute Gasteiger partial charge is 0.465 e. The molecule has 0 N–H and O–H groups in total. The van der Waals surface area contributed by atoms with E-state index in [4.69, 9.17) is 4.74 Å². The van der Waals surface area contributed by atoms with Gasteiger partial charge >= 0.3 is 5.97 Å². The van der Waals surface area contributed by atoms with Gasteiger partial charge in [0.2, 0.25) is 0 Å². The van der Waals surface area contributed by atoms with Crippen molar-refractivity contribution in [3.05, 3.63) is 47.8 Å². The van der Waals surface area contributed by atoms with Crippen molar-refractivity contribution in [3.8, 4) is 0 Å². The molecule has 0 aromatic carbocycles. The SMILES string of the molecule is CCCOC(=O)[C]1[P][CH][C](C)[C]1C.C[C]1[CH][P][CH][C]1C.[Fe]. The number of hydrogen-bond donors (Lipinski definition) is 0. The second kappa shape index (κ2) is 11.4. The second-order valence-electron chi connectivity index (χ2n) is 4.82. The van der Waals surface area contributed by atoms with Crippen LogP contribution in [0.2, 0.25) is 0 Å². The Kier molecular flexibility index (Phi) is 11.9. The predicted molar refractivity (Wildman–Crippen MR) is 86.9 cm³/mol. The van der Waals surface area contributed by atoms with Gasteiger partial charge in [0.1, 0.15) is 5.66 Å². The molecule has 2 nitrogen and oxygen atoms in total. The molecular weight excluding hydrogens is 342 g/mol. The summed E-state index contributed by atoms with van der Waals surface area (Å²) < 4.78 is 5.06. The maximum Gasteiger partial charge on any atom is 0.318 e. The van der Waals surface area contributed by atoms with E-state index >= 15 is 0 Å². The fraction of sp³-hybridized carbons (Fsp3) is 0.438. The molecule has 0 aromatic heterocycles. The van der Waals surface area contributed by atoms with E-state index in [0.29, 0.717) is 6.61 Å². The van der Waals surface area contributed by atoms with Crippen molar-refractivity contribution in [2.75, 3.05) is 6.61 Å². The van der Waals surface area contributed by atoms with Crippen LogP contribution in [0, 0.1) is 47.8 Å². The third-order valence-corrected chi connectivity index (χ3v) is 5.49. The molecule has 5 heteroatoms. The van der Waals surface area contributed by atoms with Crippen molar-refractivity contribution in [1.82, 2.24) is 0 Å². The third-order valence-electron chi connectivity index (χ3n) is 3.12. The van der Waals surface area contributed by atoms with Crippen LogP contribution in [-0.4, -0.2) is 12.6 Å². The van der Waals surface area contributed by atoms with Gasteiger partial charge in [-0.2, -0.15) is 0 Å². The molecule has 0 bridgehead atoms. The number of hydrogen-bond acceptors (Lipinski definition) is 2. The minimum Gasteiger partial charge on any atom is -0.465 e. The first-order chi connectivity index (χ1) is 9.47. The zero-order chi connectivity index (χ0) is 15.1. The number of rotatable bonds is 3. The molecule has 0 spiro atoms. The summed E-state index contributed by atoms with van der Waals surface area (Å²) in [6, 6.07) is 0. The summed E-state index contributed by atoms with van der Waals surface area (Å²) in [5.41, 5.74) is 0.797. The van der Waals surface area contributed by atoms with Crippen molar-refractivity contribution < 1.29 is 26.6 Å². The van der Waals surface area contributed by atoms with Gasteiger partial charge in [-0.05, 0) is 42.7 Å². The van der Waals surface area contributed by atoms with Gasteiger partial charge in [0, 0.05) is 23.0 Å². The standard InChI is InChI=1S/C10H14O2P.C6H8P.Fe/c1-4-5-12-10(11)9-8(3)7(2)6-13-9;1-5-3-7-4-6(5)2;/h6H,4-5H2,1-3H3;3-4H,1-2H3;. The summed E-state index contributed by atoms with van der Waals surface area (Å²) in [6.45, 7) is 10.8. The van der Waals surface area contributed by atoms with E-state index in [0.717, 1.165) is 26.6 Å². The van der Waals surface area contributed by atoms with Gasteiger partial charge in [-0.3, -0.25) is 4.79 Å². The molecular formula is C16H22FeO2P2. The minimum absolute atomic E-state index is 0. The van der Waals surface area contributed by atoms with Crippen LogP contribution in [0.3, 0.4) is 0 Å². The molecule has 116 valence electrons. The van der Waals surface area contributed by atoms with Crippen molar-refractivity contribution in [3.63, 3.8) is 0 Å². The van der Waals surface area contributed by atoms with Gasteiger partial charge in [-0.25, -0.2) is 0 Å². The summed E-state index contributed by atoms with van der Waals surface area (Å²) in [5, 5.41) is 0. The second-order valence-corrected chi connectivity index (χ2v) is 6.60. The van der Waals surface area contributed by atoms with Crippen molar-refractivity contribution in [2.45, 2.75) is 41.0 Å². The van der Waals surface area contributed by atoms with Crippen LogP contribution in [0.1, 0.15) is 41.0 Å². The van der Waals surface area contributed by atoms with Crippen LogP contribution in [0.5, 0.6) is 0 Å². The number of esters is 1. The van der Waals surface area contributed by atoms with Crippen LogP contribution < -0.4 is 0 Å². The molecule has 2 fully saturated rings. The van der Waals surface area contributed by atoms with Gasteiger partial charge in [-0.1, -0.05) is 51.8 Å². The van der Waals surface area contributed by atoms with Crippen LogP contribution in [0.25, 0.3) is 0 Å². The van der Waals surface area contributed by atoms with E-state index in [1.54, 1.807) is 0 Å². The van der Waals surface area contributed by atoms with E-state index in [1.807, 2.05) is 26.9 Å². The smallest absolute Gasteiger partial charge is 0.318 e. The quantitative estimate of drug-likeness (QED) is 0.389. The zero-order valence-corrected chi connectivity index (χ0v) is 16.1. The minimum atomic E-state index is -0.158. The molecule has 2 aliphatic rings. The van der Waals surface area contributed by atoms with E-state index in [9.17, 15) is 4.79 Å². The first kappa shape index (κ1) is 21.8. The normalized spacial score (nSPS) is 22.9. The Balaban J connectivity index is 0.000000425. The van der Waals surface area contributed by atoms with E-state index in [2.05, 4.69) is 26.2 Å². The van der Waals surface area contributed by atoms with Crippen LogP contribution in [-0.2, 0) is 26.6 Å². The molecule has 0 unspecified atom stereocenters. The maximum absolute atomic E-state index is 11.4. The first-order valence-electron chi connectivity index (χ1n) is 6.77. The topological polar surface area (TPSA) is 26.3 Å². The number of carbonyl (C=O) groups is 1. The van der Waals surface area contributed by atoms with Gasteiger partial charge in [0.25, 0.3) is 0 Å². The molecule has 0 amide bonds. The summed E-state index contributed by atoms with van der Waals surface area (Å²) in [4.78, 5) is 11.4. The average molecular weight is 364 g/mol. The van der Waals surface area contributed by atoms with Gasteiger partial charge in [-0.15, -0.1) is 0 Å². The first-order valence-corrected chi connectivity index (χ1v) is 8.76. The molecule has 2 aliphatic heterocycles. The van der Waals surface area contributed by atoms with Crippen LogP contribution in [0.15, 0.2) is 0 Å². The summed E-state index contributed by atoms with van der Waals surface area (Å²) in [7, 11) is 2.33. The summed E-state index contributed by atoms with van der Waals surface area (Å²) in [5.74, 6) is 4.96.